The van der Waals surface area contributed by atoms with Gasteiger partial charge in [-0.2, -0.15) is 0 Å². The second-order valence-electron chi connectivity index (χ2n) is 3.06. The second kappa shape index (κ2) is 9.01. The summed E-state index contributed by atoms with van der Waals surface area (Å²) in [6.07, 6.45) is 3.92. The molecule has 2 heteroatoms. The molecular formula is C10H23NO. The van der Waals surface area contributed by atoms with Crippen molar-refractivity contribution in [2.45, 2.75) is 46.1 Å². The van der Waals surface area contributed by atoms with Gasteiger partial charge in [0, 0.05) is 6.54 Å². The van der Waals surface area contributed by atoms with Crippen LogP contribution in [-0.4, -0.2) is 25.8 Å². The van der Waals surface area contributed by atoms with E-state index in [1.807, 2.05) is 0 Å². The summed E-state index contributed by atoms with van der Waals surface area (Å²) in [4.78, 5) is 0. The Kier molecular flexibility index (Phi) is 8.95. The minimum atomic E-state index is 0.466. The van der Waals surface area contributed by atoms with Gasteiger partial charge in [0.2, 0.25) is 0 Å². The Morgan fingerprint density at radius 1 is 1.08 bits per heavy atom. The largest absolute Gasteiger partial charge is 0.377 e. The smallest absolute Gasteiger partial charge is 0.0594 e. The Balaban J connectivity index is 3.06. The normalized spacial score (nSPS) is 11.0. The number of hydrogen-bond acceptors (Lipinski definition) is 2. The topological polar surface area (TPSA) is 21.3 Å². The molecule has 0 saturated carbocycles. The predicted octanol–water partition coefficient (Wildman–Crippen LogP) is 2.19. The molecule has 0 spiro atoms. The Morgan fingerprint density at radius 3 is 2.25 bits per heavy atom. The molecule has 0 amide bonds. The summed E-state index contributed by atoms with van der Waals surface area (Å²) in [5.41, 5.74) is 0. The van der Waals surface area contributed by atoms with E-state index in [1.54, 1.807) is 0 Å². The van der Waals surface area contributed by atoms with Gasteiger partial charge in [0.15, 0.2) is 0 Å². The van der Waals surface area contributed by atoms with Gasteiger partial charge in [-0.05, 0) is 25.8 Å². The van der Waals surface area contributed by atoms with Crippen molar-refractivity contribution >= 4 is 0 Å². The molecule has 0 radical (unpaired) electrons. The molecule has 0 aromatic rings. The summed E-state index contributed by atoms with van der Waals surface area (Å²) in [6, 6.07) is 0. The summed E-state index contributed by atoms with van der Waals surface area (Å²) in [6.45, 7) is 9.47. The maximum absolute atomic E-state index is 5.62. The van der Waals surface area contributed by atoms with Gasteiger partial charge >= 0.3 is 0 Å². The van der Waals surface area contributed by atoms with E-state index in [-0.39, 0.29) is 0 Å². The average Bonchev–Trinajstić information content (AvgIpc) is 2.11. The molecule has 0 bridgehead atoms. The monoisotopic (exact) mass is 173 g/mol. The van der Waals surface area contributed by atoms with E-state index in [2.05, 4.69) is 26.1 Å². The molecule has 0 atom stereocenters. The summed E-state index contributed by atoms with van der Waals surface area (Å²) in [5.74, 6) is 0. The standard InChI is InChI=1S/C10H23NO/c1-4-7-11-8-9-12-10(5-2)6-3/h10-11H,4-9H2,1-3H3. The lowest BCUT2D eigenvalue weighted by Crippen LogP contribution is -2.23. The summed E-state index contributed by atoms with van der Waals surface area (Å²) in [5, 5.41) is 3.31. The lowest BCUT2D eigenvalue weighted by atomic mass is 10.2. The second-order valence-corrected chi connectivity index (χ2v) is 3.06. The van der Waals surface area contributed by atoms with Crippen molar-refractivity contribution in [1.82, 2.24) is 5.32 Å². The molecule has 0 rings (SSSR count). The Labute approximate surface area is 76.7 Å². The molecule has 0 aliphatic rings. The molecule has 74 valence electrons. The third kappa shape index (κ3) is 6.62. The fraction of sp³-hybridized carbons (Fsp3) is 1.00. The van der Waals surface area contributed by atoms with E-state index in [4.69, 9.17) is 4.74 Å². The highest BCUT2D eigenvalue weighted by Crippen LogP contribution is 2.01. The van der Waals surface area contributed by atoms with Crippen LogP contribution in [0, 0.1) is 0 Å². The number of nitrogens with one attached hydrogen (secondary N) is 1. The van der Waals surface area contributed by atoms with Gasteiger partial charge in [-0.3, -0.25) is 0 Å². The highest BCUT2D eigenvalue weighted by Gasteiger charge is 2.01. The van der Waals surface area contributed by atoms with E-state index in [9.17, 15) is 0 Å². The third-order valence-electron chi connectivity index (χ3n) is 1.97. The van der Waals surface area contributed by atoms with E-state index >= 15 is 0 Å². The van der Waals surface area contributed by atoms with Crippen LogP contribution in [0.4, 0.5) is 0 Å². The van der Waals surface area contributed by atoms with Gasteiger partial charge in [0.05, 0.1) is 12.7 Å². The lowest BCUT2D eigenvalue weighted by Gasteiger charge is -2.13. The maximum Gasteiger partial charge on any atom is 0.0594 e. The Hall–Kier alpha value is -0.0800. The molecule has 0 heterocycles. The molecule has 0 aliphatic heterocycles. The molecule has 2 nitrogen and oxygen atoms in total. The van der Waals surface area contributed by atoms with E-state index in [0.29, 0.717) is 6.10 Å². The van der Waals surface area contributed by atoms with Crippen LogP contribution in [-0.2, 0) is 4.74 Å². The summed E-state index contributed by atoms with van der Waals surface area (Å²) >= 11 is 0. The minimum Gasteiger partial charge on any atom is -0.377 e. The molecule has 0 aliphatic carbocycles. The van der Waals surface area contributed by atoms with Gasteiger partial charge in [-0.1, -0.05) is 20.8 Å². The number of rotatable bonds is 8. The van der Waals surface area contributed by atoms with E-state index < -0.39 is 0 Å². The molecule has 0 saturated heterocycles. The first-order chi connectivity index (χ1) is 5.85. The van der Waals surface area contributed by atoms with Crippen molar-refractivity contribution < 1.29 is 4.74 Å². The van der Waals surface area contributed by atoms with E-state index in [0.717, 1.165) is 32.5 Å². The van der Waals surface area contributed by atoms with Crippen molar-refractivity contribution in [1.29, 1.82) is 0 Å². The fourth-order valence-corrected chi connectivity index (χ4v) is 1.12. The SMILES string of the molecule is CCCNCCOC(CC)CC. The molecule has 0 unspecified atom stereocenters. The zero-order valence-corrected chi connectivity index (χ0v) is 8.73. The average molecular weight is 173 g/mol. The summed E-state index contributed by atoms with van der Waals surface area (Å²) < 4.78 is 5.62. The van der Waals surface area contributed by atoms with Crippen LogP contribution in [0.1, 0.15) is 40.0 Å². The van der Waals surface area contributed by atoms with Crippen molar-refractivity contribution in [3.8, 4) is 0 Å². The first-order valence-electron chi connectivity index (χ1n) is 5.17. The first-order valence-corrected chi connectivity index (χ1v) is 5.17. The van der Waals surface area contributed by atoms with Gasteiger partial charge in [-0.25, -0.2) is 0 Å². The highest BCUT2D eigenvalue weighted by atomic mass is 16.5. The van der Waals surface area contributed by atoms with Crippen LogP contribution in [0.5, 0.6) is 0 Å². The molecule has 0 aromatic heterocycles. The van der Waals surface area contributed by atoms with E-state index in [1.165, 1.54) is 6.42 Å². The van der Waals surface area contributed by atoms with Crippen LogP contribution < -0.4 is 5.32 Å². The van der Waals surface area contributed by atoms with Crippen molar-refractivity contribution in [2.75, 3.05) is 19.7 Å². The van der Waals surface area contributed by atoms with Crippen LogP contribution in [0.15, 0.2) is 0 Å². The van der Waals surface area contributed by atoms with Crippen LogP contribution in [0.2, 0.25) is 0 Å². The predicted molar refractivity (Wildman–Crippen MR) is 53.5 cm³/mol. The third-order valence-corrected chi connectivity index (χ3v) is 1.97. The molecular weight excluding hydrogens is 150 g/mol. The Bertz CT molecular complexity index is 81.9. The van der Waals surface area contributed by atoms with Gasteiger partial charge < -0.3 is 10.1 Å². The van der Waals surface area contributed by atoms with Crippen LogP contribution in [0.25, 0.3) is 0 Å². The van der Waals surface area contributed by atoms with Crippen molar-refractivity contribution in [2.24, 2.45) is 0 Å². The minimum absolute atomic E-state index is 0.466. The van der Waals surface area contributed by atoms with Gasteiger partial charge in [0.1, 0.15) is 0 Å². The highest BCUT2D eigenvalue weighted by molar-refractivity contribution is 4.52. The van der Waals surface area contributed by atoms with Crippen molar-refractivity contribution in [3.63, 3.8) is 0 Å². The molecule has 1 N–H and O–H groups in total. The fourth-order valence-electron chi connectivity index (χ4n) is 1.12. The molecule has 0 aromatic carbocycles. The zero-order chi connectivity index (χ0) is 9.23. The van der Waals surface area contributed by atoms with Gasteiger partial charge in [-0.15, -0.1) is 0 Å². The molecule has 12 heavy (non-hydrogen) atoms. The number of hydrogen-bond donors (Lipinski definition) is 1. The van der Waals surface area contributed by atoms with Crippen LogP contribution >= 0.6 is 0 Å². The van der Waals surface area contributed by atoms with Crippen molar-refractivity contribution in [3.05, 3.63) is 0 Å². The van der Waals surface area contributed by atoms with Gasteiger partial charge in [0.25, 0.3) is 0 Å². The Morgan fingerprint density at radius 2 is 1.75 bits per heavy atom. The maximum atomic E-state index is 5.62. The van der Waals surface area contributed by atoms with Crippen LogP contribution in [0.3, 0.4) is 0 Å². The summed E-state index contributed by atoms with van der Waals surface area (Å²) in [7, 11) is 0. The first kappa shape index (κ1) is 11.9. The lowest BCUT2D eigenvalue weighted by molar-refractivity contribution is 0.0503. The quantitative estimate of drug-likeness (QED) is 0.568. The zero-order valence-electron chi connectivity index (χ0n) is 8.73. The molecule has 0 fully saturated rings. The number of ether oxygens (including phenoxy) is 1.